The molecule has 0 aliphatic heterocycles. The molecule has 1 fully saturated rings. The molecule has 0 heterocycles. The molecule has 0 N–H and O–H groups in total. The molecule has 0 radical (unpaired) electrons. The van der Waals surface area contributed by atoms with Crippen molar-refractivity contribution >= 4 is 20.2 Å². The first-order valence-corrected chi connectivity index (χ1v) is 12.1. The van der Waals surface area contributed by atoms with E-state index in [0.29, 0.717) is 12.2 Å². The van der Waals surface area contributed by atoms with E-state index in [-0.39, 0.29) is 17.1 Å². The van der Waals surface area contributed by atoms with Crippen molar-refractivity contribution in [3.63, 3.8) is 0 Å². The van der Waals surface area contributed by atoms with Gasteiger partial charge >= 0.3 is 0 Å². The van der Waals surface area contributed by atoms with Crippen LogP contribution in [0.15, 0.2) is 36.4 Å². The van der Waals surface area contributed by atoms with Gasteiger partial charge in [-0.1, -0.05) is 69.7 Å². The molecule has 0 bridgehead atoms. The van der Waals surface area contributed by atoms with E-state index in [1.54, 1.807) is 0 Å². The van der Waals surface area contributed by atoms with E-state index in [1.807, 2.05) is 18.2 Å². The molecular formula is C21H32O2Si. The molecule has 3 heteroatoms. The number of hydrogen-bond donors (Lipinski definition) is 0. The molecule has 132 valence electrons. The van der Waals surface area contributed by atoms with Crippen molar-refractivity contribution in [1.82, 2.24) is 0 Å². The topological polar surface area (TPSA) is 26.3 Å². The second-order valence-corrected chi connectivity index (χ2v) is 13.2. The number of hydrogen-bond acceptors (Lipinski definition) is 2. The average molecular weight is 345 g/mol. The first kappa shape index (κ1) is 19.1. The van der Waals surface area contributed by atoms with Crippen LogP contribution in [0.4, 0.5) is 0 Å². The highest BCUT2D eigenvalue weighted by molar-refractivity contribution is 6.74. The zero-order chi connectivity index (χ0) is 17.8. The largest absolute Gasteiger partial charge is 0.410 e. The van der Waals surface area contributed by atoms with Crippen LogP contribution in [0.5, 0.6) is 0 Å². The predicted octanol–water partition coefficient (Wildman–Crippen LogP) is 5.85. The van der Waals surface area contributed by atoms with Crippen molar-refractivity contribution in [2.75, 3.05) is 0 Å². The van der Waals surface area contributed by atoms with Gasteiger partial charge in [0.25, 0.3) is 0 Å². The Bertz CT molecular complexity index is 569. The number of Topliss-reactive ketones (excluding diaryl/α,β-unsaturated/α-hetero) is 1. The Kier molecular flexibility index (Phi) is 6.21. The fourth-order valence-corrected chi connectivity index (χ4v) is 4.18. The molecule has 1 aliphatic carbocycles. The summed E-state index contributed by atoms with van der Waals surface area (Å²) >= 11 is 0. The maximum Gasteiger partial charge on any atom is 0.192 e. The number of benzene rings is 1. The molecule has 2 atom stereocenters. The van der Waals surface area contributed by atoms with Gasteiger partial charge in [0.05, 0.1) is 6.10 Å². The Labute approximate surface area is 148 Å². The summed E-state index contributed by atoms with van der Waals surface area (Å²) in [5, 5.41) is 0.142. The lowest BCUT2D eigenvalue weighted by Crippen LogP contribution is -2.46. The Hall–Kier alpha value is -1.19. The smallest absolute Gasteiger partial charge is 0.192 e. The van der Waals surface area contributed by atoms with Gasteiger partial charge in [0.2, 0.25) is 0 Å². The number of carbonyl (C=O) groups is 1. The van der Waals surface area contributed by atoms with Crippen LogP contribution in [0.2, 0.25) is 18.1 Å². The number of ketones is 1. The predicted molar refractivity (Wildman–Crippen MR) is 105 cm³/mol. The highest BCUT2D eigenvalue weighted by Gasteiger charge is 2.41. The number of carbonyl (C=O) groups excluding carboxylic acids is 1. The van der Waals surface area contributed by atoms with Crippen LogP contribution >= 0.6 is 0 Å². The third-order valence-electron chi connectivity index (χ3n) is 5.51. The Balaban J connectivity index is 2.24. The summed E-state index contributed by atoms with van der Waals surface area (Å²) in [4.78, 5) is 12.5. The second kappa shape index (κ2) is 7.79. The summed E-state index contributed by atoms with van der Waals surface area (Å²) in [5.74, 6) is 0.399. The molecule has 24 heavy (non-hydrogen) atoms. The third-order valence-corrected chi connectivity index (χ3v) is 9.99. The third kappa shape index (κ3) is 4.90. The van der Waals surface area contributed by atoms with Crippen LogP contribution in [0.25, 0.3) is 6.08 Å². The maximum absolute atomic E-state index is 12.5. The minimum absolute atomic E-state index is 0.0211. The maximum atomic E-state index is 12.5. The molecule has 0 aromatic heterocycles. The molecule has 1 aromatic carbocycles. The van der Waals surface area contributed by atoms with Gasteiger partial charge in [-0.25, -0.2) is 0 Å². The summed E-state index contributed by atoms with van der Waals surface area (Å²) in [6.07, 6.45) is 7.97. The van der Waals surface area contributed by atoms with Gasteiger partial charge in [-0.15, -0.1) is 0 Å². The van der Waals surface area contributed by atoms with Crippen LogP contribution in [-0.2, 0) is 9.22 Å². The lowest BCUT2D eigenvalue weighted by atomic mass is 9.84. The SMILES string of the molecule is CC(C)(C)[Si](C)(C)OC(/C=C/c1ccccc1)C1CCCCC1=O. The van der Waals surface area contributed by atoms with Gasteiger partial charge in [-0.05, 0) is 36.5 Å². The molecule has 1 saturated carbocycles. The molecule has 0 amide bonds. The molecule has 2 unspecified atom stereocenters. The quantitative estimate of drug-likeness (QED) is 0.626. The Morgan fingerprint density at radius 3 is 2.42 bits per heavy atom. The van der Waals surface area contributed by atoms with Gasteiger partial charge in [-0.2, -0.15) is 0 Å². The second-order valence-electron chi connectivity index (χ2n) is 8.43. The zero-order valence-electron chi connectivity index (χ0n) is 15.8. The summed E-state index contributed by atoms with van der Waals surface area (Å²) in [5.41, 5.74) is 1.16. The zero-order valence-corrected chi connectivity index (χ0v) is 16.8. The minimum Gasteiger partial charge on any atom is -0.410 e. The van der Waals surface area contributed by atoms with Gasteiger partial charge < -0.3 is 4.43 Å². The van der Waals surface area contributed by atoms with Crippen molar-refractivity contribution < 1.29 is 9.22 Å². The molecule has 0 spiro atoms. The standard InChI is InChI=1S/C21H32O2Si/c1-21(2,3)24(4,5)23-20(18-13-9-10-14-19(18)22)16-15-17-11-7-6-8-12-17/h6-8,11-12,15-16,18,20H,9-10,13-14H2,1-5H3/b16-15+. The van der Waals surface area contributed by atoms with Crippen LogP contribution in [-0.4, -0.2) is 20.2 Å². The molecule has 1 aliphatic rings. The molecule has 1 aromatic rings. The lowest BCUT2D eigenvalue weighted by molar-refractivity contribution is -0.127. The van der Waals surface area contributed by atoms with Crippen molar-refractivity contribution in [3.05, 3.63) is 42.0 Å². The highest BCUT2D eigenvalue weighted by atomic mass is 28.4. The van der Waals surface area contributed by atoms with Crippen LogP contribution in [0, 0.1) is 5.92 Å². The summed E-state index contributed by atoms with van der Waals surface area (Å²) in [7, 11) is -1.92. The number of rotatable bonds is 5. The minimum atomic E-state index is -1.92. The molecule has 2 rings (SSSR count). The summed E-state index contributed by atoms with van der Waals surface area (Å²) in [6.45, 7) is 11.3. The van der Waals surface area contributed by atoms with Crippen molar-refractivity contribution in [3.8, 4) is 0 Å². The summed E-state index contributed by atoms with van der Waals surface area (Å²) in [6, 6.07) is 10.3. The van der Waals surface area contributed by atoms with Crippen molar-refractivity contribution in [2.45, 2.75) is 70.7 Å². The van der Waals surface area contributed by atoms with Gasteiger partial charge in [-0.3, -0.25) is 4.79 Å². The van der Waals surface area contributed by atoms with Crippen LogP contribution in [0.1, 0.15) is 52.0 Å². The highest BCUT2D eigenvalue weighted by Crippen LogP contribution is 2.39. The average Bonchev–Trinajstić information content (AvgIpc) is 2.52. The van der Waals surface area contributed by atoms with Gasteiger partial charge in [0.1, 0.15) is 5.78 Å². The molecule has 2 nitrogen and oxygen atoms in total. The molecule has 0 saturated heterocycles. The van der Waals surface area contributed by atoms with Crippen LogP contribution in [0.3, 0.4) is 0 Å². The lowest BCUT2D eigenvalue weighted by Gasteiger charge is -2.41. The fraction of sp³-hybridized carbons (Fsp3) is 0.571. The van der Waals surface area contributed by atoms with E-state index in [1.165, 1.54) is 0 Å². The fourth-order valence-electron chi connectivity index (χ4n) is 2.90. The summed E-state index contributed by atoms with van der Waals surface area (Å²) < 4.78 is 6.67. The van der Waals surface area contributed by atoms with E-state index in [0.717, 1.165) is 24.8 Å². The van der Waals surface area contributed by atoms with Crippen LogP contribution < -0.4 is 0 Å². The Morgan fingerprint density at radius 1 is 1.17 bits per heavy atom. The van der Waals surface area contributed by atoms with E-state index in [4.69, 9.17) is 4.43 Å². The first-order chi connectivity index (χ1) is 11.2. The van der Waals surface area contributed by atoms with E-state index in [2.05, 4.69) is 58.2 Å². The van der Waals surface area contributed by atoms with Crippen molar-refractivity contribution in [2.24, 2.45) is 5.92 Å². The normalized spacial score (nSPS) is 21.2. The van der Waals surface area contributed by atoms with Crippen molar-refractivity contribution in [1.29, 1.82) is 0 Å². The van der Waals surface area contributed by atoms with Gasteiger partial charge in [0.15, 0.2) is 8.32 Å². The Morgan fingerprint density at radius 2 is 1.83 bits per heavy atom. The van der Waals surface area contributed by atoms with E-state index in [9.17, 15) is 4.79 Å². The monoisotopic (exact) mass is 344 g/mol. The first-order valence-electron chi connectivity index (χ1n) is 9.14. The van der Waals surface area contributed by atoms with Gasteiger partial charge in [0, 0.05) is 12.3 Å². The molecular weight excluding hydrogens is 312 g/mol. The van der Waals surface area contributed by atoms with E-state index < -0.39 is 8.32 Å². The van der Waals surface area contributed by atoms with E-state index >= 15 is 0 Å².